The van der Waals surface area contributed by atoms with E-state index in [1.165, 1.54) is 6.07 Å². The van der Waals surface area contributed by atoms with Crippen molar-refractivity contribution in [2.45, 2.75) is 18.6 Å². The van der Waals surface area contributed by atoms with Gasteiger partial charge in [-0.1, -0.05) is 18.2 Å². The van der Waals surface area contributed by atoms with Crippen LogP contribution in [-0.2, 0) is 11.0 Å². The summed E-state index contributed by atoms with van der Waals surface area (Å²) in [6.07, 6.45) is -3.09. The largest absolute Gasteiger partial charge is 0.417 e. The van der Waals surface area contributed by atoms with E-state index in [1.54, 1.807) is 4.90 Å². The Morgan fingerprint density at radius 2 is 1.87 bits per heavy atom. The Balaban J connectivity index is 1.69. The molecule has 0 saturated carbocycles. The van der Waals surface area contributed by atoms with Crippen LogP contribution in [0.25, 0.3) is 0 Å². The van der Waals surface area contributed by atoms with Crippen LogP contribution in [0.1, 0.15) is 12.0 Å². The van der Waals surface area contributed by atoms with Gasteiger partial charge in [0.1, 0.15) is 11.9 Å². The van der Waals surface area contributed by atoms with Crippen LogP contribution in [0, 0.1) is 0 Å². The summed E-state index contributed by atoms with van der Waals surface area (Å²) in [5.74, 6) is 0.143. The van der Waals surface area contributed by atoms with Crippen LogP contribution >= 0.6 is 0 Å². The fourth-order valence-electron chi connectivity index (χ4n) is 2.50. The number of rotatable bonds is 3. The van der Waals surface area contributed by atoms with E-state index in [-0.39, 0.29) is 11.7 Å². The zero-order valence-corrected chi connectivity index (χ0v) is 12.0. The van der Waals surface area contributed by atoms with Crippen molar-refractivity contribution in [3.8, 4) is 0 Å². The molecule has 1 saturated heterocycles. The van der Waals surface area contributed by atoms with Gasteiger partial charge in [0.05, 0.1) is 5.56 Å². The fraction of sp³-hybridized carbons (Fsp3) is 0.250. The first-order valence-corrected chi connectivity index (χ1v) is 7.11. The molecule has 3 rings (SSSR count). The Hall–Kier alpha value is -2.57. The highest BCUT2D eigenvalue weighted by molar-refractivity contribution is 6.00. The molecule has 0 aliphatic carbocycles. The average Bonchev–Trinajstić information content (AvgIpc) is 2.89. The second-order valence-corrected chi connectivity index (χ2v) is 5.24. The van der Waals surface area contributed by atoms with Gasteiger partial charge in [-0.25, -0.2) is 4.98 Å². The Morgan fingerprint density at radius 1 is 1.13 bits per heavy atom. The summed E-state index contributed by atoms with van der Waals surface area (Å²) in [5, 5.41) is 2.90. The lowest BCUT2D eigenvalue weighted by Gasteiger charge is -2.17. The molecule has 2 heterocycles. The molecule has 0 spiro atoms. The number of carbonyl (C=O) groups excluding carboxylic acids is 1. The maximum atomic E-state index is 12.5. The van der Waals surface area contributed by atoms with Gasteiger partial charge in [0, 0.05) is 18.4 Å². The minimum absolute atomic E-state index is 0.113. The molecular weight excluding hydrogens is 307 g/mol. The maximum Gasteiger partial charge on any atom is 0.417 e. The highest BCUT2D eigenvalue weighted by Gasteiger charge is 2.33. The predicted molar refractivity (Wildman–Crippen MR) is 80.1 cm³/mol. The first-order chi connectivity index (χ1) is 10.9. The van der Waals surface area contributed by atoms with Crippen LogP contribution in [0.2, 0.25) is 0 Å². The molecule has 4 nitrogen and oxygen atoms in total. The molecule has 1 fully saturated rings. The number of carbonyl (C=O) groups is 1. The van der Waals surface area contributed by atoms with Crippen molar-refractivity contribution in [1.29, 1.82) is 0 Å². The van der Waals surface area contributed by atoms with E-state index in [1.807, 2.05) is 30.3 Å². The molecule has 1 aromatic carbocycles. The number of pyridine rings is 1. The number of amides is 1. The van der Waals surface area contributed by atoms with Gasteiger partial charge >= 0.3 is 6.18 Å². The predicted octanol–water partition coefficient (Wildman–Crippen LogP) is 3.32. The molecule has 23 heavy (non-hydrogen) atoms. The van der Waals surface area contributed by atoms with Gasteiger partial charge in [0.2, 0.25) is 5.91 Å². The van der Waals surface area contributed by atoms with Crippen LogP contribution in [0.4, 0.5) is 24.7 Å². The van der Waals surface area contributed by atoms with Crippen LogP contribution in [0.3, 0.4) is 0 Å². The number of benzene rings is 1. The lowest BCUT2D eigenvalue weighted by Crippen LogP contribution is -2.33. The summed E-state index contributed by atoms with van der Waals surface area (Å²) in [6, 6.07) is 10.9. The quantitative estimate of drug-likeness (QED) is 0.943. The molecular formula is C16H14F3N3O. The Kier molecular flexibility index (Phi) is 3.94. The summed E-state index contributed by atoms with van der Waals surface area (Å²) in [5.41, 5.74) is -0.00566. The SMILES string of the molecule is O=C1C(Nc2ccc(C(F)(F)F)cn2)CCN1c1ccccc1. The Bertz CT molecular complexity index is 686. The second-order valence-electron chi connectivity index (χ2n) is 5.24. The zero-order valence-electron chi connectivity index (χ0n) is 12.0. The number of aromatic nitrogens is 1. The standard InChI is InChI=1S/C16H14F3N3O/c17-16(18,19)11-6-7-14(20-10-11)21-13-8-9-22(15(13)23)12-4-2-1-3-5-12/h1-7,10,13H,8-9H2,(H,20,21). The van der Waals surface area contributed by atoms with Crippen molar-refractivity contribution in [2.75, 3.05) is 16.8 Å². The second kappa shape index (κ2) is 5.91. The topological polar surface area (TPSA) is 45.2 Å². The van der Waals surface area contributed by atoms with Crippen molar-refractivity contribution in [3.63, 3.8) is 0 Å². The first-order valence-electron chi connectivity index (χ1n) is 7.11. The summed E-state index contributed by atoms with van der Waals surface area (Å²) < 4.78 is 37.5. The molecule has 0 radical (unpaired) electrons. The molecule has 120 valence electrons. The summed E-state index contributed by atoms with van der Waals surface area (Å²) in [4.78, 5) is 17.8. The minimum atomic E-state index is -4.42. The van der Waals surface area contributed by atoms with Gasteiger partial charge in [-0.2, -0.15) is 13.2 Å². The fourth-order valence-corrected chi connectivity index (χ4v) is 2.50. The molecule has 1 amide bonds. The third kappa shape index (κ3) is 3.28. The smallest absolute Gasteiger partial charge is 0.358 e. The zero-order chi connectivity index (χ0) is 16.4. The van der Waals surface area contributed by atoms with Crippen LogP contribution < -0.4 is 10.2 Å². The number of hydrogen-bond donors (Lipinski definition) is 1. The normalized spacial score (nSPS) is 18.3. The number of anilines is 2. The number of nitrogens with one attached hydrogen (secondary N) is 1. The minimum Gasteiger partial charge on any atom is -0.358 e. The Morgan fingerprint density at radius 3 is 2.48 bits per heavy atom. The first kappa shape index (κ1) is 15.3. The van der Waals surface area contributed by atoms with Crippen molar-refractivity contribution < 1.29 is 18.0 Å². The molecule has 1 N–H and O–H groups in total. The van der Waals surface area contributed by atoms with E-state index in [0.717, 1.165) is 18.0 Å². The molecule has 0 bridgehead atoms. The average molecular weight is 321 g/mol. The van der Waals surface area contributed by atoms with Crippen LogP contribution in [-0.4, -0.2) is 23.5 Å². The molecule has 1 aliphatic rings. The molecule has 7 heteroatoms. The number of alkyl halides is 3. The van der Waals surface area contributed by atoms with E-state index < -0.39 is 17.8 Å². The number of nitrogens with zero attached hydrogens (tertiary/aromatic N) is 2. The highest BCUT2D eigenvalue weighted by atomic mass is 19.4. The van der Waals surface area contributed by atoms with E-state index >= 15 is 0 Å². The molecule has 2 aromatic rings. The number of halogens is 3. The van der Waals surface area contributed by atoms with Crippen molar-refractivity contribution in [1.82, 2.24) is 4.98 Å². The van der Waals surface area contributed by atoms with Gasteiger partial charge in [-0.3, -0.25) is 4.79 Å². The molecule has 1 unspecified atom stereocenters. The van der Waals surface area contributed by atoms with Crippen LogP contribution in [0.15, 0.2) is 48.7 Å². The van der Waals surface area contributed by atoms with Gasteiger partial charge < -0.3 is 10.2 Å². The van der Waals surface area contributed by atoms with E-state index in [0.29, 0.717) is 13.0 Å². The van der Waals surface area contributed by atoms with E-state index in [2.05, 4.69) is 10.3 Å². The summed E-state index contributed by atoms with van der Waals surface area (Å²) >= 11 is 0. The van der Waals surface area contributed by atoms with E-state index in [9.17, 15) is 18.0 Å². The molecule has 1 aliphatic heterocycles. The van der Waals surface area contributed by atoms with Crippen molar-refractivity contribution >= 4 is 17.4 Å². The lowest BCUT2D eigenvalue weighted by atomic mass is 10.2. The number of para-hydroxylation sites is 1. The summed E-state index contributed by atoms with van der Waals surface area (Å²) in [6.45, 7) is 0.557. The maximum absolute atomic E-state index is 12.5. The van der Waals surface area contributed by atoms with Gasteiger partial charge in [-0.05, 0) is 30.7 Å². The van der Waals surface area contributed by atoms with E-state index in [4.69, 9.17) is 0 Å². The third-order valence-electron chi connectivity index (χ3n) is 3.69. The van der Waals surface area contributed by atoms with Crippen molar-refractivity contribution in [2.24, 2.45) is 0 Å². The third-order valence-corrected chi connectivity index (χ3v) is 3.69. The van der Waals surface area contributed by atoms with Gasteiger partial charge in [0.25, 0.3) is 0 Å². The number of hydrogen-bond acceptors (Lipinski definition) is 3. The van der Waals surface area contributed by atoms with Crippen LogP contribution in [0.5, 0.6) is 0 Å². The lowest BCUT2D eigenvalue weighted by molar-refractivity contribution is -0.137. The summed E-state index contributed by atoms with van der Waals surface area (Å²) in [7, 11) is 0. The Labute approximate surface area is 130 Å². The molecule has 1 aromatic heterocycles. The highest BCUT2D eigenvalue weighted by Crippen LogP contribution is 2.29. The van der Waals surface area contributed by atoms with Crippen molar-refractivity contribution in [3.05, 3.63) is 54.2 Å². The van der Waals surface area contributed by atoms with Gasteiger partial charge in [0.15, 0.2) is 0 Å². The van der Waals surface area contributed by atoms with Gasteiger partial charge in [-0.15, -0.1) is 0 Å². The molecule has 1 atom stereocenters. The monoisotopic (exact) mass is 321 g/mol.